The minimum Gasteiger partial charge on any atom is -0.308 e. The summed E-state index contributed by atoms with van der Waals surface area (Å²) in [5, 5.41) is 15.5. The van der Waals surface area contributed by atoms with E-state index in [1.54, 1.807) is 4.68 Å². The van der Waals surface area contributed by atoms with Gasteiger partial charge in [0.25, 0.3) is 0 Å². The number of tetrazole rings is 1. The van der Waals surface area contributed by atoms with Crippen LogP contribution in [0.25, 0.3) is 5.69 Å². The number of hydrogen-bond acceptors (Lipinski definition) is 5. The fourth-order valence-electron chi connectivity index (χ4n) is 2.35. The molecule has 2 aromatic rings. The molecule has 0 aliphatic carbocycles. The zero-order valence-corrected chi connectivity index (χ0v) is 13.7. The van der Waals surface area contributed by atoms with Crippen molar-refractivity contribution in [2.45, 2.75) is 38.0 Å². The SMILES string of the molecule is CCC(CC)(CNCc1nnnn1-c1ccccc1)SC. The maximum Gasteiger partial charge on any atom is 0.170 e. The van der Waals surface area contributed by atoms with Crippen LogP contribution in [-0.2, 0) is 6.54 Å². The van der Waals surface area contributed by atoms with Crippen LogP contribution in [0, 0.1) is 0 Å². The zero-order valence-electron chi connectivity index (χ0n) is 12.9. The number of nitrogens with zero attached hydrogens (tertiary/aromatic N) is 4. The van der Waals surface area contributed by atoms with Gasteiger partial charge in [0.1, 0.15) is 0 Å². The molecule has 0 spiro atoms. The lowest BCUT2D eigenvalue weighted by Crippen LogP contribution is -2.36. The molecule has 1 aromatic carbocycles. The number of aromatic nitrogens is 4. The fourth-order valence-corrected chi connectivity index (χ4v) is 3.17. The van der Waals surface area contributed by atoms with Crippen LogP contribution in [0.5, 0.6) is 0 Å². The number of para-hydroxylation sites is 1. The average molecular weight is 305 g/mol. The van der Waals surface area contributed by atoms with Crippen molar-refractivity contribution in [1.82, 2.24) is 25.5 Å². The molecule has 0 bridgehead atoms. The Morgan fingerprint density at radius 1 is 1.19 bits per heavy atom. The topological polar surface area (TPSA) is 55.6 Å². The molecule has 0 aliphatic heterocycles. The highest BCUT2D eigenvalue weighted by Crippen LogP contribution is 2.29. The van der Waals surface area contributed by atoms with Crippen molar-refractivity contribution in [3.05, 3.63) is 36.2 Å². The smallest absolute Gasteiger partial charge is 0.170 e. The number of rotatable bonds is 8. The van der Waals surface area contributed by atoms with E-state index in [0.29, 0.717) is 11.3 Å². The Morgan fingerprint density at radius 3 is 2.52 bits per heavy atom. The molecule has 0 amide bonds. The molecule has 114 valence electrons. The standard InChI is InChI=1S/C15H23N5S/c1-4-15(5-2,21-3)12-16-11-14-17-18-19-20(14)13-9-7-6-8-10-13/h6-10,16H,4-5,11-12H2,1-3H3. The van der Waals surface area contributed by atoms with Crippen LogP contribution in [0.4, 0.5) is 0 Å². The summed E-state index contributed by atoms with van der Waals surface area (Å²) in [4.78, 5) is 0. The quantitative estimate of drug-likeness (QED) is 0.812. The molecular formula is C15H23N5S. The predicted molar refractivity (Wildman–Crippen MR) is 87.7 cm³/mol. The van der Waals surface area contributed by atoms with Gasteiger partial charge in [-0.05, 0) is 41.7 Å². The number of benzene rings is 1. The van der Waals surface area contributed by atoms with Crippen molar-refractivity contribution < 1.29 is 0 Å². The van der Waals surface area contributed by atoms with Gasteiger partial charge in [0.05, 0.1) is 12.2 Å². The summed E-state index contributed by atoms with van der Waals surface area (Å²) in [5.41, 5.74) is 0.987. The summed E-state index contributed by atoms with van der Waals surface area (Å²) in [6.45, 7) is 6.12. The van der Waals surface area contributed by atoms with E-state index in [0.717, 1.165) is 30.9 Å². The fraction of sp³-hybridized carbons (Fsp3) is 0.533. The molecule has 6 heteroatoms. The first-order valence-corrected chi connectivity index (χ1v) is 8.55. The number of thioether (sulfide) groups is 1. The Labute approximate surface area is 130 Å². The zero-order chi connectivity index (χ0) is 15.1. The van der Waals surface area contributed by atoms with E-state index in [1.807, 2.05) is 42.1 Å². The van der Waals surface area contributed by atoms with E-state index in [2.05, 4.69) is 40.9 Å². The molecule has 1 N–H and O–H groups in total. The van der Waals surface area contributed by atoms with Gasteiger partial charge in [0.15, 0.2) is 5.82 Å². The molecular weight excluding hydrogens is 282 g/mol. The van der Waals surface area contributed by atoms with Crippen molar-refractivity contribution in [2.75, 3.05) is 12.8 Å². The molecule has 0 fully saturated rings. The maximum absolute atomic E-state index is 4.12. The summed E-state index contributed by atoms with van der Waals surface area (Å²) < 4.78 is 2.08. The Kier molecular flexibility index (Phi) is 5.76. The van der Waals surface area contributed by atoms with Gasteiger partial charge < -0.3 is 5.32 Å². The van der Waals surface area contributed by atoms with E-state index >= 15 is 0 Å². The third-order valence-corrected chi connectivity index (χ3v) is 5.57. The van der Waals surface area contributed by atoms with Crippen molar-refractivity contribution in [3.8, 4) is 5.69 Å². The third kappa shape index (κ3) is 3.83. The van der Waals surface area contributed by atoms with Crippen LogP contribution in [0.15, 0.2) is 30.3 Å². The van der Waals surface area contributed by atoms with Gasteiger partial charge in [-0.3, -0.25) is 0 Å². The molecule has 2 rings (SSSR count). The lowest BCUT2D eigenvalue weighted by molar-refractivity contribution is 0.487. The van der Waals surface area contributed by atoms with Crippen LogP contribution in [0.1, 0.15) is 32.5 Å². The van der Waals surface area contributed by atoms with E-state index < -0.39 is 0 Å². The number of hydrogen-bond donors (Lipinski definition) is 1. The normalized spacial score (nSPS) is 11.8. The second-order valence-corrected chi connectivity index (χ2v) is 6.31. The maximum atomic E-state index is 4.12. The van der Waals surface area contributed by atoms with Crippen molar-refractivity contribution >= 4 is 11.8 Å². The van der Waals surface area contributed by atoms with Crippen LogP contribution >= 0.6 is 11.8 Å². The first-order chi connectivity index (χ1) is 10.2. The molecule has 1 aromatic heterocycles. The highest BCUT2D eigenvalue weighted by Gasteiger charge is 2.24. The summed E-state index contributed by atoms with van der Waals surface area (Å²) in [6, 6.07) is 9.97. The lowest BCUT2D eigenvalue weighted by Gasteiger charge is -2.29. The molecule has 0 saturated carbocycles. The van der Waals surface area contributed by atoms with Gasteiger partial charge >= 0.3 is 0 Å². The summed E-state index contributed by atoms with van der Waals surface area (Å²) in [7, 11) is 0. The molecule has 0 radical (unpaired) electrons. The van der Waals surface area contributed by atoms with Gasteiger partial charge in [0, 0.05) is 11.3 Å². The van der Waals surface area contributed by atoms with Crippen molar-refractivity contribution in [2.24, 2.45) is 0 Å². The van der Waals surface area contributed by atoms with E-state index in [-0.39, 0.29) is 0 Å². The van der Waals surface area contributed by atoms with E-state index in [1.165, 1.54) is 0 Å². The van der Waals surface area contributed by atoms with Crippen LogP contribution < -0.4 is 5.32 Å². The molecule has 0 unspecified atom stereocenters. The number of nitrogens with one attached hydrogen (secondary N) is 1. The van der Waals surface area contributed by atoms with Gasteiger partial charge in [-0.2, -0.15) is 16.4 Å². The summed E-state index contributed by atoms with van der Waals surface area (Å²) in [5.74, 6) is 0.836. The average Bonchev–Trinajstić information content (AvgIpc) is 3.01. The van der Waals surface area contributed by atoms with Crippen molar-refractivity contribution in [1.29, 1.82) is 0 Å². The largest absolute Gasteiger partial charge is 0.308 e. The van der Waals surface area contributed by atoms with Gasteiger partial charge in [0.2, 0.25) is 0 Å². The Morgan fingerprint density at radius 2 is 1.90 bits per heavy atom. The molecule has 1 heterocycles. The summed E-state index contributed by atoms with van der Waals surface area (Å²) >= 11 is 1.93. The Balaban J connectivity index is 2.01. The van der Waals surface area contributed by atoms with Crippen LogP contribution in [-0.4, -0.2) is 37.8 Å². The van der Waals surface area contributed by atoms with E-state index in [4.69, 9.17) is 0 Å². The Hall–Kier alpha value is -1.40. The first kappa shape index (κ1) is 16.0. The van der Waals surface area contributed by atoms with Gasteiger partial charge in [-0.1, -0.05) is 32.0 Å². The van der Waals surface area contributed by atoms with Gasteiger partial charge in [-0.25, -0.2) is 0 Å². The minimum absolute atomic E-state index is 0.297. The second kappa shape index (κ2) is 7.56. The van der Waals surface area contributed by atoms with Gasteiger partial charge in [-0.15, -0.1) is 5.10 Å². The molecule has 21 heavy (non-hydrogen) atoms. The molecule has 0 saturated heterocycles. The first-order valence-electron chi connectivity index (χ1n) is 7.33. The van der Waals surface area contributed by atoms with E-state index in [9.17, 15) is 0 Å². The monoisotopic (exact) mass is 305 g/mol. The second-order valence-electron chi connectivity index (χ2n) is 5.04. The Bertz CT molecular complexity index is 528. The highest BCUT2D eigenvalue weighted by molar-refractivity contribution is 8.00. The summed E-state index contributed by atoms with van der Waals surface area (Å²) in [6.07, 6.45) is 4.49. The predicted octanol–water partition coefficient (Wildman–Crippen LogP) is 2.67. The highest BCUT2D eigenvalue weighted by atomic mass is 32.2. The van der Waals surface area contributed by atoms with Crippen LogP contribution in [0.3, 0.4) is 0 Å². The third-order valence-electron chi connectivity index (χ3n) is 3.99. The molecule has 0 aliphatic rings. The van der Waals surface area contributed by atoms with Crippen molar-refractivity contribution in [3.63, 3.8) is 0 Å². The minimum atomic E-state index is 0.297. The molecule has 5 nitrogen and oxygen atoms in total. The molecule has 0 atom stereocenters. The van der Waals surface area contributed by atoms with Crippen LogP contribution in [0.2, 0.25) is 0 Å². The lowest BCUT2D eigenvalue weighted by atomic mass is 10.0.